The molecule has 5 nitrogen and oxygen atoms in total. The zero-order valence-corrected chi connectivity index (χ0v) is 17.7. The number of halogens is 1. The Bertz CT molecular complexity index is 898. The van der Waals surface area contributed by atoms with Gasteiger partial charge in [0.05, 0.1) is 18.3 Å². The van der Waals surface area contributed by atoms with Crippen LogP contribution in [0.5, 0.6) is 5.75 Å². The molecule has 0 bridgehead atoms. The van der Waals surface area contributed by atoms with Gasteiger partial charge in [0, 0.05) is 22.3 Å². The summed E-state index contributed by atoms with van der Waals surface area (Å²) in [6, 6.07) is 4.95. The summed E-state index contributed by atoms with van der Waals surface area (Å²) >= 11 is 3.37. The number of allylic oxidation sites excluding steroid dienone is 2. The molecule has 0 spiro atoms. The lowest BCUT2D eigenvalue weighted by molar-refractivity contribution is -0.136. The van der Waals surface area contributed by atoms with Crippen LogP contribution in [0.2, 0.25) is 0 Å². The van der Waals surface area contributed by atoms with Crippen molar-refractivity contribution in [2.75, 3.05) is 13.7 Å². The molecular weight excluding hydrogens is 422 g/mol. The second kappa shape index (κ2) is 8.78. The fourth-order valence-electron chi connectivity index (χ4n) is 3.68. The summed E-state index contributed by atoms with van der Waals surface area (Å²) < 4.78 is 5.69. The van der Waals surface area contributed by atoms with Crippen LogP contribution in [-0.4, -0.2) is 35.5 Å². The summed E-state index contributed by atoms with van der Waals surface area (Å²) in [6.45, 7) is 2.29. The molecule has 1 N–H and O–H groups in total. The summed E-state index contributed by atoms with van der Waals surface area (Å²) in [6.07, 6.45) is 9.20. The highest BCUT2D eigenvalue weighted by atomic mass is 79.9. The second-order valence-electron chi connectivity index (χ2n) is 7.03. The van der Waals surface area contributed by atoms with Gasteiger partial charge in [-0.15, -0.1) is 0 Å². The van der Waals surface area contributed by atoms with Crippen molar-refractivity contribution in [3.63, 3.8) is 0 Å². The van der Waals surface area contributed by atoms with Crippen LogP contribution >= 0.6 is 15.9 Å². The Balaban J connectivity index is 1.94. The molecule has 1 amide bonds. The number of methoxy groups -OCH3 is 1. The highest BCUT2D eigenvalue weighted by molar-refractivity contribution is 9.10. The Morgan fingerprint density at radius 1 is 1.36 bits per heavy atom. The molecule has 3 rings (SSSR count). The molecular formula is C22H24BrNO4. The van der Waals surface area contributed by atoms with Crippen molar-refractivity contribution < 1.29 is 19.4 Å². The molecule has 0 radical (unpaired) electrons. The lowest BCUT2D eigenvalue weighted by atomic mass is 9.97. The molecule has 0 aromatic heterocycles. The first kappa shape index (κ1) is 20.4. The molecule has 1 aromatic rings. The Hall–Kier alpha value is -2.34. The van der Waals surface area contributed by atoms with E-state index in [-0.39, 0.29) is 22.8 Å². The molecule has 0 unspecified atom stereocenters. The van der Waals surface area contributed by atoms with Gasteiger partial charge in [-0.3, -0.25) is 4.79 Å². The molecule has 0 saturated carbocycles. The predicted molar refractivity (Wildman–Crippen MR) is 111 cm³/mol. The van der Waals surface area contributed by atoms with E-state index in [1.54, 1.807) is 30.0 Å². The van der Waals surface area contributed by atoms with E-state index in [1.165, 1.54) is 31.6 Å². The molecule has 0 fully saturated rings. The molecule has 1 heterocycles. The zero-order chi connectivity index (χ0) is 20.3. The Kier molecular flexibility index (Phi) is 6.39. The van der Waals surface area contributed by atoms with Crippen LogP contribution in [0.25, 0.3) is 6.08 Å². The Morgan fingerprint density at radius 2 is 2.14 bits per heavy atom. The first-order valence-electron chi connectivity index (χ1n) is 9.42. The number of carbonyl (C=O) groups excluding carboxylic acids is 2. The number of benzene rings is 1. The molecule has 6 heteroatoms. The predicted octanol–water partition coefficient (Wildman–Crippen LogP) is 4.72. The van der Waals surface area contributed by atoms with Gasteiger partial charge in [-0.25, -0.2) is 4.79 Å². The van der Waals surface area contributed by atoms with Crippen LogP contribution < -0.4 is 0 Å². The topological polar surface area (TPSA) is 66.8 Å². The van der Waals surface area contributed by atoms with E-state index in [2.05, 4.69) is 22.0 Å². The monoisotopic (exact) mass is 445 g/mol. The maximum atomic E-state index is 13.1. The van der Waals surface area contributed by atoms with E-state index in [1.807, 2.05) is 0 Å². The molecule has 0 atom stereocenters. The average molecular weight is 446 g/mol. The van der Waals surface area contributed by atoms with Crippen LogP contribution in [-0.2, 0) is 14.3 Å². The minimum atomic E-state index is -0.550. The van der Waals surface area contributed by atoms with Crippen LogP contribution in [0.3, 0.4) is 0 Å². The van der Waals surface area contributed by atoms with Crippen LogP contribution in [0.1, 0.15) is 44.6 Å². The summed E-state index contributed by atoms with van der Waals surface area (Å²) in [5.41, 5.74) is 2.92. The highest BCUT2D eigenvalue weighted by Gasteiger charge is 2.37. The van der Waals surface area contributed by atoms with Gasteiger partial charge in [0.2, 0.25) is 0 Å². The van der Waals surface area contributed by atoms with Gasteiger partial charge < -0.3 is 14.7 Å². The molecule has 1 aliphatic heterocycles. The van der Waals surface area contributed by atoms with E-state index in [9.17, 15) is 14.7 Å². The van der Waals surface area contributed by atoms with Crippen molar-refractivity contribution in [1.82, 2.24) is 4.90 Å². The number of phenols is 1. The fourth-order valence-corrected chi connectivity index (χ4v) is 4.06. The van der Waals surface area contributed by atoms with Crippen molar-refractivity contribution in [3.8, 4) is 5.75 Å². The number of phenolic OH excluding ortho intramolecular Hbond substituents is 1. The Labute approximate surface area is 173 Å². The quantitative estimate of drug-likeness (QED) is 0.404. The molecule has 148 valence electrons. The minimum absolute atomic E-state index is 0.0381. The van der Waals surface area contributed by atoms with E-state index in [0.29, 0.717) is 17.8 Å². The number of ether oxygens (including phenoxy) is 1. The summed E-state index contributed by atoms with van der Waals surface area (Å²) in [7, 11) is 1.30. The van der Waals surface area contributed by atoms with Crippen molar-refractivity contribution in [1.29, 1.82) is 0 Å². The normalized spacial score (nSPS) is 18.7. The Morgan fingerprint density at radius 3 is 2.82 bits per heavy atom. The van der Waals surface area contributed by atoms with Crippen molar-refractivity contribution in [2.24, 2.45) is 0 Å². The summed E-state index contributed by atoms with van der Waals surface area (Å²) in [4.78, 5) is 27.1. The molecule has 28 heavy (non-hydrogen) atoms. The van der Waals surface area contributed by atoms with Gasteiger partial charge in [-0.2, -0.15) is 0 Å². The van der Waals surface area contributed by atoms with Gasteiger partial charge in [-0.05, 0) is 63.3 Å². The standard InChI is InChI=1S/C22H24BrNO4/c1-14-20(22(27)28-2)18(13-16-12-17(23)8-9-19(16)25)21(26)24(14)11-10-15-6-4-3-5-7-15/h6,8-9,12-13,25H,3-5,7,10-11H2,1-2H3/b18-13-. The molecule has 0 saturated heterocycles. The smallest absolute Gasteiger partial charge is 0.340 e. The molecule has 1 aromatic carbocycles. The van der Waals surface area contributed by atoms with Gasteiger partial charge in [0.1, 0.15) is 5.75 Å². The number of amides is 1. The average Bonchev–Trinajstić information content (AvgIpc) is 2.93. The number of rotatable bonds is 5. The van der Waals surface area contributed by atoms with E-state index >= 15 is 0 Å². The number of hydrogen-bond acceptors (Lipinski definition) is 4. The highest BCUT2D eigenvalue weighted by Crippen LogP contribution is 2.34. The van der Waals surface area contributed by atoms with Gasteiger partial charge >= 0.3 is 5.97 Å². The van der Waals surface area contributed by atoms with E-state index in [4.69, 9.17) is 4.74 Å². The lowest BCUT2D eigenvalue weighted by Crippen LogP contribution is -2.26. The third-order valence-electron chi connectivity index (χ3n) is 5.23. The van der Waals surface area contributed by atoms with Crippen LogP contribution in [0, 0.1) is 0 Å². The number of nitrogens with zero attached hydrogens (tertiary/aromatic N) is 1. The fraction of sp³-hybridized carbons (Fsp3) is 0.364. The maximum Gasteiger partial charge on any atom is 0.340 e. The van der Waals surface area contributed by atoms with Gasteiger partial charge in [-0.1, -0.05) is 27.6 Å². The number of hydrogen-bond donors (Lipinski definition) is 1. The first-order valence-corrected chi connectivity index (χ1v) is 10.2. The van der Waals surface area contributed by atoms with Crippen LogP contribution in [0.15, 0.2) is 51.2 Å². The lowest BCUT2D eigenvalue weighted by Gasteiger charge is -2.20. The van der Waals surface area contributed by atoms with E-state index < -0.39 is 5.97 Å². The number of aromatic hydroxyl groups is 1. The van der Waals surface area contributed by atoms with Crippen molar-refractivity contribution >= 4 is 33.9 Å². The third kappa shape index (κ3) is 4.22. The SMILES string of the molecule is COC(=O)C1=C(C)N(CCC2=CCCCC2)C(=O)/C1=C\c1cc(Br)ccc1O. The molecule has 1 aliphatic carbocycles. The zero-order valence-electron chi connectivity index (χ0n) is 16.1. The van der Waals surface area contributed by atoms with Crippen molar-refractivity contribution in [2.45, 2.75) is 39.0 Å². The van der Waals surface area contributed by atoms with Gasteiger partial charge in [0.15, 0.2) is 0 Å². The minimum Gasteiger partial charge on any atom is -0.507 e. The maximum absolute atomic E-state index is 13.1. The van der Waals surface area contributed by atoms with Gasteiger partial charge in [0.25, 0.3) is 5.91 Å². The third-order valence-corrected chi connectivity index (χ3v) is 5.73. The van der Waals surface area contributed by atoms with Crippen LogP contribution in [0.4, 0.5) is 0 Å². The number of esters is 1. The van der Waals surface area contributed by atoms with E-state index in [0.717, 1.165) is 23.7 Å². The first-order chi connectivity index (χ1) is 13.4. The molecule has 2 aliphatic rings. The van der Waals surface area contributed by atoms with Crippen molar-refractivity contribution in [3.05, 3.63) is 56.7 Å². The summed E-state index contributed by atoms with van der Waals surface area (Å²) in [5.74, 6) is -0.754. The summed E-state index contributed by atoms with van der Waals surface area (Å²) in [5, 5.41) is 10.1. The number of carbonyl (C=O) groups is 2. The largest absolute Gasteiger partial charge is 0.507 e. The second-order valence-corrected chi connectivity index (χ2v) is 7.94.